The molecule has 3 atom stereocenters. The molecule has 6 nitrogen and oxygen atoms in total. The van der Waals surface area contributed by atoms with E-state index in [2.05, 4.69) is 0 Å². The number of nitrogens with zero attached hydrogens (tertiary/aromatic N) is 1. The molecule has 1 fully saturated rings. The predicted molar refractivity (Wildman–Crippen MR) is 155 cm³/mol. The maximum Gasteiger partial charge on any atom is 0.180 e. The highest BCUT2D eigenvalue weighted by atomic mass is 35.5. The van der Waals surface area contributed by atoms with Gasteiger partial charge in [0.2, 0.25) is 0 Å². The van der Waals surface area contributed by atoms with E-state index >= 15 is 0 Å². The molecule has 7 heteroatoms. The highest BCUT2D eigenvalue weighted by Gasteiger charge is 2.72. The van der Waals surface area contributed by atoms with Crippen LogP contribution in [0.4, 0.5) is 5.69 Å². The number of ketones is 3. The van der Waals surface area contributed by atoms with Gasteiger partial charge in [0.1, 0.15) is 5.41 Å². The lowest BCUT2D eigenvalue weighted by Crippen LogP contribution is -2.49. The third-order valence-corrected chi connectivity index (χ3v) is 8.78. The lowest BCUT2D eigenvalue weighted by atomic mass is 9.63. The maximum absolute atomic E-state index is 14.7. The fourth-order valence-electron chi connectivity index (χ4n) is 6.89. The van der Waals surface area contributed by atoms with E-state index < -0.39 is 28.8 Å². The van der Waals surface area contributed by atoms with E-state index in [4.69, 9.17) is 21.1 Å². The van der Waals surface area contributed by atoms with Crippen LogP contribution in [0.25, 0.3) is 6.08 Å². The number of carbonyl (C=O) groups excluding carboxylic acids is 3. The molecule has 204 valence electrons. The van der Waals surface area contributed by atoms with Crippen LogP contribution in [0, 0.1) is 10.8 Å². The van der Waals surface area contributed by atoms with Crippen molar-refractivity contribution in [3.8, 4) is 11.5 Å². The first-order valence-electron chi connectivity index (χ1n) is 13.3. The molecule has 0 aromatic heterocycles. The molecule has 0 radical (unpaired) electrons. The SMILES string of the molecule is COc1cccc([C@H]2[C@H](C(=O)C(C)(C)C)N3c4ccc(Cl)cc4C=C[C@@H]3C23C(=O)c2ccccc2C3=O)c1OC. The Labute approximate surface area is 238 Å². The average molecular weight is 556 g/mol. The number of halogens is 1. The van der Waals surface area contributed by atoms with Crippen molar-refractivity contribution in [1.82, 2.24) is 0 Å². The molecule has 0 amide bonds. The van der Waals surface area contributed by atoms with Gasteiger partial charge in [-0.25, -0.2) is 0 Å². The molecule has 0 saturated carbocycles. The molecule has 3 aromatic rings. The van der Waals surface area contributed by atoms with E-state index in [0.717, 1.165) is 11.3 Å². The zero-order valence-corrected chi connectivity index (χ0v) is 23.8. The molecule has 3 aliphatic rings. The van der Waals surface area contributed by atoms with Crippen molar-refractivity contribution in [3.63, 3.8) is 0 Å². The summed E-state index contributed by atoms with van der Waals surface area (Å²) in [5.41, 5.74) is 0.507. The summed E-state index contributed by atoms with van der Waals surface area (Å²) in [4.78, 5) is 46.0. The van der Waals surface area contributed by atoms with Gasteiger partial charge in [-0.2, -0.15) is 0 Å². The van der Waals surface area contributed by atoms with Crippen molar-refractivity contribution in [3.05, 3.63) is 94.0 Å². The maximum atomic E-state index is 14.7. The largest absolute Gasteiger partial charge is 0.493 e. The van der Waals surface area contributed by atoms with Gasteiger partial charge in [0.25, 0.3) is 0 Å². The van der Waals surface area contributed by atoms with E-state index in [9.17, 15) is 14.4 Å². The second kappa shape index (κ2) is 9.07. The van der Waals surface area contributed by atoms with Gasteiger partial charge in [-0.1, -0.05) is 80.9 Å². The molecule has 0 unspecified atom stereocenters. The molecule has 3 aromatic carbocycles. The third kappa shape index (κ3) is 3.38. The fraction of sp³-hybridized carbons (Fsp3) is 0.303. The van der Waals surface area contributed by atoms with Gasteiger partial charge >= 0.3 is 0 Å². The van der Waals surface area contributed by atoms with E-state index in [1.165, 1.54) is 14.2 Å². The summed E-state index contributed by atoms with van der Waals surface area (Å²) in [6.45, 7) is 5.60. The molecule has 0 bridgehead atoms. The molecule has 1 saturated heterocycles. The molecule has 6 rings (SSSR count). The minimum Gasteiger partial charge on any atom is -0.493 e. The average Bonchev–Trinajstić information content (AvgIpc) is 3.37. The van der Waals surface area contributed by atoms with Crippen LogP contribution >= 0.6 is 11.6 Å². The Morgan fingerprint density at radius 3 is 2.20 bits per heavy atom. The monoisotopic (exact) mass is 555 g/mol. The Morgan fingerprint density at radius 2 is 1.60 bits per heavy atom. The Hall–Kier alpha value is -3.90. The van der Waals surface area contributed by atoms with Crippen LogP contribution in [0.5, 0.6) is 11.5 Å². The Kier molecular flexibility index (Phi) is 5.97. The second-order valence-corrected chi connectivity index (χ2v) is 12.0. The Balaban J connectivity index is 1.74. The molecule has 2 aliphatic heterocycles. The number of hydrogen-bond donors (Lipinski definition) is 0. The predicted octanol–water partition coefficient (Wildman–Crippen LogP) is 6.41. The summed E-state index contributed by atoms with van der Waals surface area (Å²) in [6.07, 6.45) is 3.79. The van der Waals surface area contributed by atoms with Crippen LogP contribution in [0.3, 0.4) is 0 Å². The quantitative estimate of drug-likeness (QED) is 0.347. The van der Waals surface area contributed by atoms with Crippen molar-refractivity contribution in [2.24, 2.45) is 10.8 Å². The smallest absolute Gasteiger partial charge is 0.180 e. The summed E-state index contributed by atoms with van der Waals surface area (Å²) < 4.78 is 11.5. The van der Waals surface area contributed by atoms with Crippen LogP contribution < -0.4 is 14.4 Å². The first-order chi connectivity index (χ1) is 19.1. The molecule has 1 spiro atoms. The summed E-state index contributed by atoms with van der Waals surface area (Å²) in [5.74, 6) is -0.670. The highest BCUT2D eigenvalue weighted by molar-refractivity contribution is 6.32. The van der Waals surface area contributed by atoms with Crippen molar-refractivity contribution in [2.45, 2.75) is 38.8 Å². The topological polar surface area (TPSA) is 72.9 Å². The lowest BCUT2D eigenvalue weighted by Gasteiger charge is -2.38. The van der Waals surface area contributed by atoms with Crippen LogP contribution in [0.1, 0.15) is 58.5 Å². The van der Waals surface area contributed by atoms with Crippen LogP contribution in [-0.2, 0) is 4.79 Å². The van der Waals surface area contributed by atoms with Crippen molar-refractivity contribution < 1.29 is 23.9 Å². The Morgan fingerprint density at radius 1 is 0.925 bits per heavy atom. The zero-order chi connectivity index (χ0) is 28.6. The van der Waals surface area contributed by atoms with E-state index in [0.29, 0.717) is 33.2 Å². The first kappa shape index (κ1) is 26.3. The van der Waals surface area contributed by atoms with Crippen molar-refractivity contribution in [1.29, 1.82) is 0 Å². The number of rotatable bonds is 4. The number of hydrogen-bond acceptors (Lipinski definition) is 6. The fourth-order valence-corrected chi connectivity index (χ4v) is 7.07. The van der Waals surface area contributed by atoms with Crippen molar-refractivity contribution >= 4 is 40.7 Å². The lowest BCUT2D eigenvalue weighted by molar-refractivity contribution is -0.127. The van der Waals surface area contributed by atoms with E-state index in [1.807, 2.05) is 56.0 Å². The number of benzene rings is 3. The number of Topliss-reactive ketones (excluding diaryl/α,β-unsaturated/α-hetero) is 3. The summed E-state index contributed by atoms with van der Waals surface area (Å²) in [6, 6.07) is 16.2. The van der Waals surface area contributed by atoms with Gasteiger partial charge in [0.05, 0.1) is 26.3 Å². The zero-order valence-electron chi connectivity index (χ0n) is 23.0. The number of carbonyl (C=O) groups is 3. The summed E-state index contributed by atoms with van der Waals surface area (Å²) in [7, 11) is 3.07. The molecule has 40 heavy (non-hydrogen) atoms. The minimum absolute atomic E-state index is 0.0861. The van der Waals surface area contributed by atoms with Crippen molar-refractivity contribution in [2.75, 3.05) is 19.1 Å². The van der Waals surface area contributed by atoms with Crippen LogP contribution in [0.2, 0.25) is 5.02 Å². The van der Waals surface area contributed by atoms with Gasteiger partial charge in [0, 0.05) is 38.7 Å². The van der Waals surface area contributed by atoms with Crippen LogP contribution in [-0.4, -0.2) is 43.7 Å². The minimum atomic E-state index is -1.61. The number of para-hydroxylation sites is 1. The number of anilines is 1. The number of methoxy groups -OCH3 is 2. The van der Waals surface area contributed by atoms with Gasteiger partial charge in [0.15, 0.2) is 28.8 Å². The van der Waals surface area contributed by atoms with E-state index in [1.54, 1.807) is 42.5 Å². The first-order valence-corrected chi connectivity index (χ1v) is 13.6. The Bertz CT molecular complexity index is 1580. The summed E-state index contributed by atoms with van der Waals surface area (Å²) in [5, 5.41) is 0.556. The van der Waals surface area contributed by atoms with Crippen LogP contribution in [0.15, 0.2) is 66.7 Å². The van der Waals surface area contributed by atoms with Gasteiger partial charge in [-0.05, 0) is 29.8 Å². The van der Waals surface area contributed by atoms with Gasteiger partial charge in [-0.15, -0.1) is 0 Å². The normalized spacial score (nSPS) is 22.2. The molecule has 2 heterocycles. The third-order valence-electron chi connectivity index (χ3n) is 8.54. The standard InChI is InChI=1S/C33H30ClNO5/c1-32(2,3)31(38)27-26(22-11-8-12-24(39-4)28(22)40-5)33(29(36)20-9-6-7-10-21(20)30(33)37)25-16-13-18-17-19(34)14-15-23(18)35(25)27/h6-17,25-27H,1-5H3/t25-,26+,27-/m1/s1. The van der Waals surface area contributed by atoms with Gasteiger partial charge < -0.3 is 14.4 Å². The number of fused-ring (bicyclic) bond motifs is 5. The van der Waals surface area contributed by atoms with E-state index in [-0.39, 0.29) is 17.3 Å². The molecular weight excluding hydrogens is 526 g/mol. The molecule has 1 aliphatic carbocycles. The molecular formula is C33H30ClNO5. The number of ether oxygens (including phenoxy) is 2. The summed E-state index contributed by atoms with van der Waals surface area (Å²) >= 11 is 6.36. The second-order valence-electron chi connectivity index (χ2n) is 11.6. The molecule has 0 N–H and O–H groups in total. The van der Waals surface area contributed by atoms with Gasteiger partial charge in [-0.3, -0.25) is 14.4 Å². The highest BCUT2D eigenvalue weighted by Crippen LogP contribution is 2.62.